The molecule has 156 valence electrons. The number of H-pyrrole nitrogens is 1. The summed E-state index contributed by atoms with van der Waals surface area (Å²) in [6.45, 7) is 0.523. The number of aromatic amines is 1. The van der Waals surface area contributed by atoms with Gasteiger partial charge in [-0.1, -0.05) is 25.3 Å². The van der Waals surface area contributed by atoms with Crippen molar-refractivity contribution in [1.82, 2.24) is 14.5 Å². The van der Waals surface area contributed by atoms with Crippen LogP contribution in [0.3, 0.4) is 0 Å². The van der Waals surface area contributed by atoms with Crippen molar-refractivity contribution in [3.63, 3.8) is 0 Å². The Kier molecular flexibility index (Phi) is 5.25. The molecule has 0 amide bonds. The van der Waals surface area contributed by atoms with E-state index in [1.54, 1.807) is 13.2 Å². The second kappa shape index (κ2) is 8.19. The Morgan fingerprint density at radius 3 is 2.83 bits per heavy atom. The van der Waals surface area contributed by atoms with Gasteiger partial charge in [0.15, 0.2) is 0 Å². The maximum Gasteiger partial charge on any atom is 0.137 e. The monoisotopic (exact) mass is 406 g/mol. The highest BCUT2D eigenvalue weighted by molar-refractivity contribution is 5.88. The maximum atomic E-state index is 13.6. The first-order chi connectivity index (χ1) is 14.7. The van der Waals surface area contributed by atoms with Crippen LogP contribution in [0.25, 0.3) is 11.1 Å². The number of rotatable bonds is 3. The van der Waals surface area contributed by atoms with Crippen LogP contribution in [0.5, 0.6) is 0 Å². The molecule has 0 atom stereocenters. The minimum atomic E-state index is -0.179. The standard InChI is InChI=1S/C24H27FN4O/c1-30-14-18-13-21-20(11-12-26-24(21)28-18)23-22(16-7-9-17(25)10-8-16)27-15-29(23)19-5-3-2-4-6-19/h7,9-10,12-13,15,19,28H,2-6,8,11,14H2,1H3. The van der Waals surface area contributed by atoms with Gasteiger partial charge in [-0.05, 0) is 48.6 Å². The zero-order valence-corrected chi connectivity index (χ0v) is 17.3. The molecule has 3 aliphatic rings. The zero-order chi connectivity index (χ0) is 20.5. The van der Waals surface area contributed by atoms with Gasteiger partial charge in [-0.15, -0.1) is 0 Å². The lowest BCUT2D eigenvalue weighted by atomic mass is 9.94. The lowest BCUT2D eigenvalue weighted by molar-refractivity contribution is 0.182. The summed E-state index contributed by atoms with van der Waals surface area (Å²) in [4.78, 5) is 12.8. The summed E-state index contributed by atoms with van der Waals surface area (Å²) in [5.74, 6) is 0.697. The van der Waals surface area contributed by atoms with E-state index in [1.165, 1.54) is 43.8 Å². The Labute approximate surface area is 175 Å². The molecule has 6 heteroatoms. The van der Waals surface area contributed by atoms with Crippen molar-refractivity contribution in [2.75, 3.05) is 7.11 Å². The van der Waals surface area contributed by atoms with Crippen LogP contribution in [-0.2, 0) is 11.3 Å². The summed E-state index contributed by atoms with van der Waals surface area (Å²) >= 11 is 0. The predicted molar refractivity (Wildman–Crippen MR) is 117 cm³/mol. The molecule has 1 saturated carbocycles. The Hall–Kier alpha value is -2.73. The van der Waals surface area contributed by atoms with E-state index < -0.39 is 0 Å². The van der Waals surface area contributed by atoms with Gasteiger partial charge < -0.3 is 14.3 Å². The van der Waals surface area contributed by atoms with E-state index >= 15 is 0 Å². The smallest absolute Gasteiger partial charge is 0.137 e. The minimum Gasteiger partial charge on any atom is -0.378 e. The first-order valence-corrected chi connectivity index (χ1v) is 10.8. The van der Waals surface area contributed by atoms with Gasteiger partial charge in [-0.2, -0.15) is 0 Å². The number of hydrogen-bond donors (Lipinski definition) is 1. The Bertz CT molecular complexity index is 1160. The predicted octanol–water partition coefficient (Wildman–Crippen LogP) is 4.13. The van der Waals surface area contributed by atoms with Gasteiger partial charge in [0.2, 0.25) is 0 Å². The normalized spacial score (nSPS) is 22.9. The van der Waals surface area contributed by atoms with E-state index in [0.717, 1.165) is 39.8 Å². The number of halogens is 1. The molecule has 2 aliphatic carbocycles. The van der Waals surface area contributed by atoms with Gasteiger partial charge >= 0.3 is 0 Å². The fourth-order valence-corrected chi connectivity index (χ4v) is 4.86. The van der Waals surface area contributed by atoms with Crippen molar-refractivity contribution < 1.29 is 9.13 Å². The number of aliphatic imine (C=N–C) groups is 1. The van der Waals surface area contributed by atoms with E-state index in [1.807, 2.05) is 18.6 Å². The molecular weight excluding hydrogens is 379 g/mol. The van der Waals surface area contributed by atoms with Crippen molar-refractivity contribution in [3.05, 3.63) is 58.4 Å². The molecule has 0 spiro atoms. The summed E-state index contributed by atoms with van der Waals surface area (Å²) < 4.78 is 21.3. The average molecular weight is 407 g/mol. The first kappa shape index (κ1) is 19.2. The summed E-state index contributed by atoms with van der Waals surface area (Å²) in [5, 5.41) is 2.12. The number of fused-ring (bicyclic) bond motifs is 1. The number of nitrogens with one attached hydrogen (secondary N) is 1. The maximum absolute atomic E-state index is 13.6. The fourth-order valence-electron chi connectivity index (χ4n) is 4.86. The van der Waals surface area contributed by atoms with Gasteiger partial charge in [-0.3, -0.25) is 0 Å². The molecule has 1 aliphatic heterocycles. The van der Waals surface area contributed by atoms with E-state index in [-0.39, 0.29) is 5.83 Å². The SMILES string of the molecule is COCc1cc2c([nH]1)N=CCC2=c1c(=C2C=CC(F)=CC2)ncn1C1CCCCC1. The van der Waals surface area contributed by atoms with Crippen LogP contribution in [0.2, 0.25) is 0 Å². The van der Waals surface area contributed by atoms with Gasteiger partial charge in [0.25, 0.3) is 0 Å². The zero-order valence-electron chi connectivity index (χ0n) is 17.3. The van der Waals surface area contributed by atoms with Gasteiger partial charge in [0, 0.05) is 37.0 Å². The molecule has 1 fully saturated rings. The van der Waals surface area contributed by atoms with Crippen LogP contribution in [0.1, 0.15) is 62.2 Å². The van der Waals surface area contributed by atoms with E-state index in [2.05, 4.69) is 20.6 Å². The number of methoxy groups -OCH3 is 1. The molecule has 30 heavy (non-hydrogen) atoms. The topological polar surface area (TPSA) is 55.2 Å². The molecule has 5 rings (SSSR count). The molecule has 3 heterocycles. The van der Waals surface area contributed by atoms with Crippen LogP contribution in [-0.4, -0.2) is 27.9 Å². The van der Waals surface area contributed by atoms with Crippen molar-refractivity contribution in [3.8, 4) is 0 Å². The molecule has 2 aromatic rings. The molecular formula is C24H27FN4O. The van der Waals surface area contributed by atoms with E-state index in [4.69, 9.17) is 9.72 Å². The summed E-state index contributed by atoms with van der Waals surface area (Å²) in [7, 11) is 1.70. The molecule has 0 aromatic carbocycles. The molecule has 0 bridgehead atoms. The fraction of sp³-hybridized carbons (Fsp3) is 0.417. The third-order valence-electron chi connectivity index (χ3n) is 6.31. The molecule has 1 N–H and O–H groups in total. The lowest BCUT2D eigenvalue weighted by Crippen LogP contribution is -2.37. The highest BCUT2D eigenvalue weighted by atomic mass is 19.1. The van der Waals surface area contributed by atoms with E-state index in [0.29, 0.717) is 19.1 Å². The number of allylic oxidation sites excluding steroid dienone is 4. The number of aromatic nitrogens is 3. The van der Waals surface area contributed by atoms with Crippen molar-refractivity contribution >= 4 is 23.2 Å². The molecule has 5 nitrogen and oxygen atoms in total. The number of hydrogen-bond acceptors (Lipinski definition) is 3. The minimum absolute atomic E-state index is 0.179. The lowest BCUT2D eigenvalue weighted by Gasteiger charge is -2.24. The number of ether oxygens (including phenoxy) is 1. The van der Waals surface area contributed by atoms with Crippen molar-refractivity contribution in [2.45, 2.75) is 57.6 Å². The van der Waals surface area contributed by atoms with Crippen molar-refractivity contribution in [1.29, 1.82) is 0 Å². The molecule has 0 unspecified atom stereocenters. The summed E-state index contributed by atoms with van der Waals surface area (Å²) in [6, 6.07) is 2.61. The number of nitrogens with zero attached hydrogens (tertiary/aromatic N) is 3. The number of imidazole rings is 1. The average Bonchev–Trinajstić information content (AvgIpc) is 3.39. The Morgan fingerprint density at radius 2 is 2.07 bits per heavy atom. The quantitative estimate of drug-likeness (QED) is 0.833. The van der Waals surface area contributed by atoms with E-state index in [9.17, 15) is 4.39 Å². The first-order valence-electron chi connectivity index (χ1n) is 10.8. The van der Waals surface area contributed by atoms with Crippen LogP contribution in [0.15, 0.2) is 41.4 Å². The highest BCUT2D eigenvalue weighted by Crippen LogP contribution is 2.32. The van der Waals surface area contributed by atoms with Crippen LogP contribution < -0.4 is 10.7 Å². The molecule has 0 saturated heterocycles. The largest absolute Gasteiger partial charge is 0.378 e. The Balaban J connectivity index is 1.76. The second-order valence-corrected chi connectivity index (χ2v) is 8.28. The summed E-state index contributed by atoms with van der Waals surface area (Å²) in [6.07, 6.45) is 16.5. The van der Waals surface area contributed by atoms with Crippen LogP contribution >= 0.6 is 0 Å². The highest BCUT2D eigenvalue weighted by Gasteiger charge is 2.22. The Morgan fingerprint density at radius 1 is 1.20 bits per heavy atom. The van der Waals surface area contributed by atoms with Crippen molar-refractivity contribution in [2.24, 2.45) is 4.99 Å². The third-order valence-corrected chi connectivity index (χ3v) is 6.31. The third kappa shape index (κ3) is 3.49. The molecule has 2 aromatic heterocycles. The van der Waals surface area contributed by atoms with Crippen LogP contribution in [0, 0.1) is 0 Å². The molecule has 0 radical (unpaired) electrons. The van der Waals surface area contributed by atoms with Gasteiger partial charge in [0.05, 0.1) is 23.6 Å². The van der Waals surface area contributed by atoms with Gasteiger partial charge in [-0.25, -0.2) is 14.4 Å². The van der Waals surface area contributed by atoms with Gasteiger partial charge in [0.1, 0.15) is 11.6 Å². The second-order valence-electron chi connectivity index (χ2n) is 8.28. The summed E-state index contributed by atoms with van der Waals surface area (Å²) in [5.41, 5.74) is 4.42. The van der Waals surface area contributed by atoms with Crippen LogP contribution in [0.4, 0.5) is 10.2 Å².